The van der Waals surface area contributed by atoms with Gasteiger partial charge in [-0.25, -0.2) is 4.98 Å². The summed E-state index contributed by atoms with van der Waals surface area (Å²) in [5, 5.41) is 0.621. The van der Waals surface area contributed by atoms with Gasteiger partial charge in [0.05, 0.1) is 12.1 Å². The number of nitrogens with two attached hydrogens (primary N) is 1. The summed E-state index contributed by atoms with van der Waals surface area (Å²) in [6, 6.07) is 5.78. The Morgan fingerprint density at radius 3 is 2.94 bits per heavy atom. The molecule has 0 radical (unpaired) electrons. The van der Waals surface area contributed by atoms with Crippen molar-refractivity contribution in [3.63, 3.8) is 0 Å². The number of rotatable bonds is 5. The monoisotopic (exact) mass is 265 g/mol. The van der Waals surface area contributed by atoms with E-state index < -0.39 is 0 Å². The molecule has 1 aromatic carbocycles. The van der Waals surface area contributed by atoms with Crippen LogP contribution in [-0.2, 0) is 13.0 Å². The lowest BCUT2D eigenvalue weighted by Gasteiger charge is -2.09. The molecule has 4 nitrogen and oxygen atoms in total. The van der Waals surface area contributed by atoms with Crippen LogP contribution >= 0.6 is 11.6 Å². The minimum Gasteiger partial charge on any atom is -0.495 e. The van der Waals surface area contributed by atoms with Gasteiger partial charge in [-0.2, -0.15) is 0 Å². The Kier molecular flexibility index (Phi) is 4.23. The molecule has 96 valence electrons. The summed E-state index contributed by atoms with van der Waals surface area (Å²) in [5.74, 6) is 1.68. The predicted octanol–water partition coefficient (Wildman–Crippen LogP) is 2.09. The molecule has 1 aromatic heterocycles. The minimum atomic E-state index is 0.598. The van der Waals surface area contributed by atoms with E-state index in [-0.39, 0.29) is 0 Å². The van der Waals surface area contributed by atoms with Crippen molar-refractivity contribution >= 4 is 11.6 Å². The van der Waals surface area contributed by atoms with Gasteiger partial charge in [0.25, 0.3) is 0 Å². The highest BCUT2D eigenvalue weighted by atomic mass is 35.5. The third-order valence-electron chi connectivity index (χ3n) is 2.74. The molecule has 5 heteroatoms. The number of hydrogen-bond donors (Lipinski definition) is 1. The SMILES string of the molecule is COc1ccc(Cn2ccnc2CCN)cc1Cl. The number of ether oxygens (including phenoxy) is 1. The predicted molar refractivity (Wildman–Crippen MR) is 72.1 cm³/mol. The Balaban J connectivity index is 2.18. The molecular formula is C13H16ClN3O. The highest BCUT2D eigenvalue weighted by Crippen LogP contribution is 2.25. The van der Waals surface area contributed by atoms with E-state index in [0.717, 1.165) is 24.4 Å². The fourth-order valence-electron chi connectivity index (χ4n) is 1.85. The number of benzene rings is 1. The Hall–Kier alpha value is -1.52. The molecule has 0 aliphatic rings. The topological polar surface area (TPSA) is 53.1 Å². The van der Waals surface area contributed by atoms with Crippen LogP contribution in [0.4, 0.5) is 0 Å². The van der Waals surface area contributed by atoms with E-state index in [0.29, 0.717) is 17.3 Å². The van der Waals surface area contributed by atoms with Gasteiger partial charge in [-0.05, 0) is 24.2 Å². The second-order valence-corrected chi connectivity index (χ2v) is 4.39. The normalized spacial score (nSPS) is 10.6. The molecule has 2 rings (SSSR count). The van der Waals surface area contributed by atoms with Crippen molar-refractivity contribution < 1.29 is 4.74 Å². The van der Waals surface area contributed by atoms with Crippen molar-refractivity contribution in [2.24, 2.45) is 5.73 Å². The minimum absolute atomic E-state index is 0.598. The maximum atomic E-state index is 6.10. The van der Waals surface area contributed by atoms with Gasteiger partial charge in [0.1, 0.15) is 11.6 Å². The maximum Gasteiger partial charge on any atom is 0.137 e. The van der Waals surface area contributed by atoms with E-state index in [9.17, 15) is 0 Å². The van der Waals surface area contributed by atoms with Gasteiger partial charge in [0.15, 0.2) is 0 Å². The van der Waals surface area contributed by atoms with Crippen molar-refractivity contribution in [2.75, 3.05) is 13.7 Å². The van der Waals surface area contributed by atoms with Gasteiger partial charge in [0, 0.05) is 25.4 Å². The van der Waals surface area contributed by atoms with Crippen LogP contribution in [0.5, 0.6) is 5.75 Å². The van der Waals surface area contributed by atoms with Gasteiger partial charge in [-0.15, -0.1) is 0 Å². The Labute approximate surface area is 111 Å². The third kappa shape index (κ3) is 2.83. The smallest absolute Gasteiger partial charge is 0.137 e. The molecule has 0 amide bonds. The molecule has 0 unspecified atom stereocenters. The molecule has 2 aromatic rings. The number of imidazole rings is 1. The number of hydrogen-bond acceptors (Lipinski definition) is 3. The van der Waals surface area contributed by atoms with Crippen LogP contribution < -0.4 is 10.5 Å². The number of methoxy groups -OCH3 is 1. The highest BCUT2D eigenvalue weighted by molar-refractivity contribution is 6.32. The van der Waals surface area contributed by atoms with Gasteiger partial charge in [0.2, 0.25) is 0 Å². The van der Waals surface area contributed by atoms with Gasteiger partial charge >= 0.3 is 0 Å². The summed E-state index contributed by atoms with van der Waals surface area (Å²) < 4.78 is 7.20. The molecule has 2 N–H and O–H groups in total. The van der Waals surface area contributed by atoms with E-state index >= 15 is 0 Å². The lowest BCUT2D eigenvalue weighted by Crippen LogP contribution is -2.10. The van der Waals surface area contributed by atoms with E-state index in [1.165, 1.54) is 0 Å². The Bertz CT molecular complexity index is 525. The average Bonchev–Trinajstić information content (AvgIpc) is 2.78. The zero-order valence-corrected chi connectivity index (χ0v) is 11.0. The molecule has 0 atom stereocenters. The molecule has 18 heavy (non-hydrogen) atoms. The van der Waals surface area contributed by atoms with Crippen LogP contribution in [0.2, 0.25) is 5.02 Å². The van der Waals surface area contributed by atoms with Gasteiger partial charge < -0.3 is 15.0 Å². The van der Waals surface area contributed by atoms with Crippen LogP contribution in [0, 0.1) is 0 Å². The summed E-state index contributed by atoms with van der Waals surface area (Å²) in [5.41, 5.74) is 6.66. The zero-order valence-electron chi connectivity index (χ0n) is 10.3. The molecule has 0 saturated heterocycles. The van der Waals surface area contributed by atoms with Crippen molar-refractivity contribution in [2.45, 2.75) is 13.0 Å². The quantitative estimate of drug-likeness (QED) is 0.901. The molecule has 0 bridgehead atoms. The van der Waals surface area contributed by atoms with Crippen LogP contribution in [0.3, 0.4) is 0 Å². The van der Waals surface area contributed by atoms with Crippen molar-refractivity contribution in [1.82, 2.24) is 9.55 Å². The van der Waals surface area contributed by atoms with Crippen molar-refractivity contribution in [3.8, 4) is 5.75 Å². The molecule has 1 heterocycles. The number of aromatic nitrogens is 2. The summed E-state index contributed by atoms with van der Waals surface area (Å²) in [6.07, 6.45) is 4.51. The van der Waals surface area contributed by atoms with Crippen molar-refractivity contribution in [1.29, 1.82) is 0 Å². The molecule has 0 spiro atoms. The second kappa shape index (κ2) is 5.89. The van der Waals surface area contributed by atoms with Gasteiger partial charge in [-0.3, -0.25) is 0 Å². The van der Waals surface area contributed by atoms with E-state index in [1.54, 1.807) is 13.3 Å². The van der Waals surface area contributed by atoms with Crippen LogP contribution in [0.25, 0.3) is 0 Å². The van der Waals surface area contributed by atoms with E-state index in [1.807, 2.05) is 24.4 Å². The fourth-order valence-corrected chi connectivity index (χ4v) is 2.13. The van der Waals surface area contributed by atoms with E-state index in [4.69, 9.17) is 22.1 Å². The maximum absolute atomic E-state index is 6.10. The standard InChI is InChI=1S/C13H16ClN3O/c1-18-12-3-2-10(8-11(12)14)9-17-7-6-16-13(17)4-5-15/h2-3,6-8H,4-5,9,15H2,1H3. The first-order valence-corrected chi connectivity index (χ1v) is 6.15. The fraction of sp³-hybridized carbons (Fsp3) is 0.308. The summed E-state index contributed by atoms with van der Waals surface area (Å²) >= 11 is 6.10. The second-order valence-electron chi connectivity index (χ2n) is 3.98. The van der Waals surface area contributed by atoms with Crippen LogP contribution in [0.1, 0.15) is 11.4 Å². The summed E-state index contributed by atoms with van der Waals surface area (Å²) in [6.45, 7) is 1.33. The number of halogens is 1. The van der Waals surface area contributed by atoms with Crippen LogP contribution in [0.15, 0.2) is 30.6 Å². The van der Waals surface area contributed by atoms with Crippen molar-refractivity contribution in [3.05, 3.63) is 47.0 Å². The summed E-state index contributed by atoms with van der Waals surface area (Å²) in [4.78, 5) is 4.28. The first kappa shape index (κ1) is 12.9. The Morgan fingerprint density at radius 2 is 2.28 bits per heavy atom. The van der Waals surface area contributed by atoms with Crippen LogP contribution in [-0.4, -0.2) is 23.2 Å². The molecule has 0 aliphatic heterocycles. The zero-order chi connectivity index (χ0) is 13.0. The molecular weight excluding hydrogens is 250 g/mol. The average molecular weight is 266 g/mol. The first-order chi connectivity index (χ1) is 8.74. The largest absolute Gasteiger partial charge is 0.495 e. The lowest BCUT2D eigenvalue weighted by molar-refractivity contribution is 0.415. The highest BCUT2D eigenvalue weighted by Gasteiger charge is 2.05. The molecule has 0 saturated carbocycles. The summed E-state index contributed by atoms with van der Waals surface area (Å²) in [7, 11) is 1.61. The lowest BCUT2D eigenvalue weighted by atomic mass is 10.2. The van der Waals surface area contributed by atoms with E-state index in [2.05, 4.69) is 9.55 Å². The molecule has 0 fully saturated rings. The Morgan fingerprint density at radius 1 is 1.44 bits per heavy atom. The number of nitrogens with zero attached hydrogens (tertiary/aromatic N) is 2. The van der Waals surface area contributed by atoms with Gasteiger partial charge in [-0.1, -0.05) is 17.7 Å². The first-order valence-electron chi connectivity index (χ1n) is 5.77. The molecule has 0 aliphatic carbocycles. The third-order valence-corrected chi connectivity index (χ3v) is 3.03.